The summed E-state index contributed by atoms with van der Waals surface area (Å²) in [6, 6.07) is 5.45. The second-order valence-electron chi connectivity index (χ2n) is 2.96. The third kappa shape index (κ3) is 3.60. The Morgan fingerprint density at radius 2 is 2.29 bits per heavy atom. The van der Waals surface area contributed by atoms with Gasteiger partial charge >= 0.3 is 0 Å². The van der Waals surface area contributed by atoms with Gasteiger partial charge in [0.05, 0.1) is 0 Å². The van der Waals surface area contributed by atoms with Gasteiger partial charge in [-0.2, -0.15) is 0 Å². The topological polar surface area (TPSA) is 35.2 Å². The summed E-state index contributed by atoms with van der Waals surface area (Å²) in [4.78, 5) is 0. The van der Waals surface area contributed by atoms with Crippen molar-refractivity contribution in [3.8, 4) is 5.75 Å². The highest BCUT2D eigenvalue weighted by atomic mass is 79.9. The van der Waals surface area contributed by atoms with Crippen LogP contribution < -0.4 is 10.5 Å². The molecule has 2 nitrogen and oxygen atoms in total. The molecule has 0 aliphatic rings. The molecule has 0 saturated carbocycles. The lowest BCUT2D eigenvalue weighted by molar-refractivity contribution is 0.352. The molecule has 0 radical (unpaired) electrons. The van der Waals surface area contributed by atoms with E-state index in [4.69, 9.17) is 22.1 Å². The first-order valence-corrected chi connectivity index (χ1v) is 5.29. The molecule has 0 amide bonds. The van der Waals surface area contributed by atoms with Crippen LogP contribution in [0.2, 0.25) is 0 Å². The lowest BCUT2D eigenvalue weighted by atomic mass is 10.3. The third-order valence-corrected chi connectivity index (χ3v) is 2.38. The maximum atomic E-state index is 5.65. The molecule has 1 aromatic carbocycles. The van der Waals surface area contributed by atoms with E-state index in [1.807, 2.05) is 19.1 Å². The largest absolute Gasteiger partial charge is 0.489 e. The number of halogens is 2. The highest BCUT2D eigenvalue weighted by molar-refractivity contribution is 9.10. The van der Waals surface area contributed by atoms with Crippen molar-refractivity contribution >= 4 is 33.2 Å². The summed E-state index contributed by atoms with van der Waals surface area (Å²) in [5.41, 5.74) is 8.78. The summed E-state index contributed by atoms with van der Waals surface area (Å²) in [6.45, 7) is 2.37. The monoisotopic (exact) mass is 275 g/mol. The maximum absolute atomic E-state index is 5.65. The summed E-state index contributed by atoms with van der Waals surface area (Å²) in [5, 5.41) is 0. The predicted octanol–water partition coefficient (Wildman–Crippen LogP) is 3.55. The van der Waals surface area contributed by atoms with Crippen LogP contribution in [0.15, 0.2) is 33.8 Å². The second kappa shape index (κ2) is 5.27. The van der Waals surface area contributed by atoms with E-state index in [2.05, 4.69) is 15.9 Å². The average molecular weight is 277 g/mol. The number of benzene rings is 1. The van der Waals surface area contributed by atoms with Crippen molar-refractivity contribution in [1.82, 2.24) is 0 Å². The molecule has 0 fully saturated rings. The minimum absolute atomic E-state index is 0.472. The van der Waals surface area contributed by atoms with Gasteiger partial charge in [0, 0.05) is 21.8 Å². The Hall–Kier alpha value is -0.670. The minimum Gasteiger partial charge on any atom is -0.489 e. The molecule has 4 heteroatoms. The van der Waals surface area contributed by atoms with Gasteiger partial charge in [0.15, 0.2) is 0 Å². The van der Waals surface area contributed by atoms with Crippen LogP contribution >= 0.6 is 27.5 Å². The molecular formula is C10H11BrClNO. The van der Waals surface area contributed by atoms with Crippen molar-refractivity contribution in [1.29, 1.82) is 0 Å². The fourth-order valence-corrected chi connectivity index (χ4v) is 1.45. The van der Waals surface area contributed by atoms with Gasteiger partial charge < -0.3 is 10.5 Å². The van der Waals surface area contributed by atoms with E-state index in [9.17, 15) is 0 Å². The molecule has 0 unspecified atom stereocenters. The lowest BCUT2D eigenvalue weighted by Gasteiger charge is -2.07. The smallest absolute Gasteiger partial charge is 0.122 e. The average Bonchev–Trinajstić information content (AvgIpc) is 2.12. The van der Waals surface area contributed by atoms with Crippen LogP contribution in [0.3, 0.4) is 0 Å². The highest BCUT2D eigenvalue weighted by Gasteiger charge is 1.98. The van der Waals surface area contributed by atoms with Crippen molar-refractivity contribution in [2.45, 2.75) is 6.92 Å². The summed E-state index contributed by atoms with van der Waals surface area (Å²) >= 11 is 8.84. The van der Waals surface area contributed by atoms with Gasteiger partial charge in [-0.3, -0.25) is 0 Å². The summed E-state index contributed by atoms with van der Waals surface area (Å²) in [5.74, 6) is 0.731. The molecule has 14 heavy (non-hydrogen) atoms. The van der Waals surface area contributed by atoms with Crippen LogP contribution in [0.4, 0.5) is 5.69 Å². The van der Waals surface area contributed by atoms with Gasteiger partial charge in [-0.15, -0.1) is 0 Å². The predicted molar refractivity (Wildman–Crippen MR) is 63.7 cm³/mol. The van der Waals surface area contributed by atoms with Crippen LogP contribution in [0.1, 0.15) is 6.92 Å². The van der Waals surface area contributed by atoms with Crippen LogP contribution in [0.25, 0.3) is 0 Å². The van der Waals surface area contributed by atoms with Gasteiger partial charge in [0.25, 0.3) is 0 Å². The molecular weight excluding hydrogens is 265 g/mol. The van der Waals surface area contributed by atoms with E-state index in [1.165, 1.54) is 5.54 Å². The number of hydrogen-bond donors (Lipinski definition) is 1. The number of nitrogens with two attached hydrogens (primary N) is 1. The van der Waals surface area contributed by atoms with Crippen molar-refractivity contribution in [3.05, 3.63) is 33.8 Å². The number of nitrogen functional groups attached to an aromatic ring is 1. The summed E-state index contributed by atoms with van der Waals surface area (Å²) in [7, 11) is 0. The Morgan fingerprint density at radius 3 is 2.86 bits per heavy atom. The number of rotatable bonds is 3. The van der Waals surface area contributed by atoms with Crippen LogP contribution in [-0.4, -0.2) is 6.61 Å². The van der Waals surface area contributed by atoms with Gasteiger partial charge in [-0.25, -0.2) is 0 Å². The van der Waals surface area contributed by atoms with Gasteiger partial charge in [0.1, 0.15) is 12.4 Å². The molecule has 1 rings (SSSR count). The molecule has 0 aliphatic heterocycles. The molecule has 0 aromatic heterocycles. The van der Waals surface area contributed by atoms with Crippen LogP contribution in [0, 0.1) is 0 Å². The SMILES string of the molecule is C/C(=C/Cl)COc1cc(N)cc(Br)c1. The first-order chi connectivity index (χ1) is 6.61. The first-order valence-electron chi connectivity index (χ1n) is 4.06. The second-order valence-corrected chi connectivity index (χ2v) is 4.10. The zero-order valence-electron chi connectivity index (χ0n) is 7.76. The molecule has 2 N–H and O–H groups in total. The molecule has 0 bridgehead atoms. The molecule has 1 aromatic rings. The van der Waals surface area contributed by atoms with E-state index in [-0.39, 0.29) is 0 Å². The van der Waals surface area contributed by atoms with E-state index in [0.717, 1.165) is 15.8 Å². The Balaban J connectivity index is 2.67. The van der Waals surface area contributed by atoms with Crippen molar-refractivity contribution < 1.29 is 4.74 Å². The molecule has 76 valence electrons. The van der Waals surface area contributed by atoms with E-state index < -0.39 is 0 Å². The fraction of sp³-hybridized carbons (Fsp3) is 0.200. The normalized spacial score (nSPS) is 11.5. The van der Waals surface area contributed by atoms with Crippen molar-refractivity contribution in [3.63, 3.8) is 0 Å². The van der Waals surface area contributed by atoms with E-state index >= 15 is 0 Å². The molecule has 0 spiro atoms. The number of ether oxygens (including phenoxy) is 1. The first kappa shape index (κ1) is 11.4. The zero-order valence-corrected chi connectivity index (χ0v) is 10.1. The number of hydrogen-bond acceptors (Lipinski definition) is 2. The van der Waals surface area contributed by atoms with Gasteiger partial charge in [-0.05, 0) is 24.6 Å². The summed E-state index contributed by atoms with van der Waals surface area (Å²) < 4.78 is 6.36. The Bertz CT molecular complexity index is 332. The molecule has 0 saturated heterocycles. The Labute approximate surface area is 96.8 Å². The van der Waals surface area contributed by atoms with Gasteiger partial charge in [-0.1, -0.05) is 27.5 Å². The molecule has 0 heterocycles. The number of anilines is 1. The summed E-state index contributed by atoms with van der Waals surface area (Å²) in [6.07, 6.45) is 0. The maximum Gasteiger partial charge on any atom is 0.122 e. The van der Waals surface area contributed by atoms with Crippen LogP contribution in [-0.2, 0) is 0 Å². The fourth-order valence-electron chi connectivity index (χ4n) is 0.896. The highest BCUT2D eigenvalue weighted by Crippen LogP contribution is 2.23. The third-order valence-electron chi connectivity index (χ3n) is 1.55. The Morgan fingerprint density at radius 1 is 1.57 bits per heavy atom. The van der Waals surface area contributed by atoms with E-state index in [1.54, 1.807) is 6.07 Å². The van der Waals surface area contributed by atoms with Gasteiger partial charge in [0.2, 0.25) is 0 Å². The van der Waals surface area contributed by atoms with Crippen LogP contribution in [0.5, 0.6) is 5.75 Å². The standard InChI is InChI=1S/C10H11BrClNO/c1-7(5-12)6-14-10-3-8(11)2-9(13)4-10/h2-5H,6,13H2,1H3/b7-5-. The van der Waals surface area contributed by atoms with Crippen molar-refractivity contribution in [2.75, 3.05) is 12.3 Å². The zero-order chi connectivity index (χ0) is 10.6. The minimum atomic E-state index is 0.472. The molecule has 0 atom stereocenters. The quantitative estimate of drug-likeness (QED) is 0.857. The van der Waals surface area contributed by atoms with Crippen molar-refractivity contribution in [2.24, 2.45) is 0 Å². The lowest BCUT2D eigenvalue weighted by Crippen LogP contribution is -1.98. The molecule has 0 aliphatic carbocycles. The van der Waals surface area contributed by atoms with E-state index in [0.29, 0.717) is 12.3 Å². The Kier molecular flexibility index (Phi) is 4.29.